The summed E-state index contributed by atoms with van der Waals surface area (Å²) in [5.41, 5.74) is 0. The second-order valence-corrected chi connectivity index (χ2v) is 7.97. The Kier molecular flexibility index (Phi) is 3.26. The maximum atomic E-state index is 14.2. The Balaban J connectivity index is 1.74. The van der Waals surface area contributed by atoms with Crippen LogP contribution in [0.15, 0.2) is 35.5 Å². The van der Waals surface area contributed by atoms with E-state index in [0.717, 1.165) is 6.20 Å². The monoisotopic (exact) mass is 351 g/mol. The van der Waals surface area contributed by atoms with Gasteiger partial charge in [0.25, 0.3) is 0 Å². The van der Waals surface area contributed by atoms with Crippen LogP contribution in [-0.2, 0) is 10.0 Å². The van der Waals surface area contributed by atoms with Crippen molar-refractivity contribution in [2.45, 2.75) is 10.9 Å². The van der Waals surface area contributed by atoms with E-state index < -0.39 is 21.9 Å². The average Bonchev–Trinajstić information content (AvgIpc) is 2.84. The van der Waals surface area contributed by atoms with Crippen LogP contribution in [0.1, 0.15) is 0 Å². The summed E-state index contributed by atoms with van der Waals surface area (Å²) in [4.78, 5) is 15.9. The van der Waals surface area contributed by atoms with Crippen molar-refractivity contribution in [1.82, 2.24) is 14.2 Å². The molecule has 3 heterocycles. The molecule has 2 saturated heterocycles. The zero-order chi connectivity index (χ0) is 17.1. The summed E-state index contributed by atoms with van der Waals surface area (Å²) in [6.07, 6.45) is 1.36. The highest BCUT2D eigenvalue weighted by Gasteiger charge is 2.51. The first-order valence-electron chi connectivity index (χ1n) is 7.41. The number of fused-ring (bicyclic) bond motifs is 2. The van der Waals surface area contributed by atoms with Crippen LogP contribution >= 0.6 is 0 Å². The number of pyridine rings is 1. The lowest BCUT2D eigenvalue weighted by atomic mass is 9.93. The van der Waals surface area contributed by atoms with Gasteiger partial charge in [-0.05, 0) is 6.07 Å². The Morgan fingerprint density at radius 2 is 2.04 bits per heavy atom. The second kappa shape index (κ2) is 5.12. The van der Waals surface area contributed by atoms with Gasteiger partial charge in [0.15, 0.2) is 5.82 Å². The molecule has 2 fully saturated rings. The van der Waals surface area contributed by atoms with E-state index in [1.807, 2.05) is 0 Å². The van der Waals surface area contributed by atoms with E-state index in [9.17, 15) is 17.6 Å². The van der Waals surface area contributed by atoms with Gasteiger partial charge in [-0.1, -0.05) is 12.1 Å². The molecule has 0 spiro atoms. The predicted octanol–water partition coefficient (Wildman–Crippen LogP) is 1.36. The van der Waals surface area contributed by atoms with E-state index in [4.69, 9.17) is 5.11 Å². The number of nitrogens with zero attached hydrogens (tertiary/aromatic N) is 3. The van der Waals surface area contributed by atoms with Crippen molar-refractivity contribution in [2.75, 3.05) is 19.6 Å². The molecule has 4 rings (SSSR count). The van der Waals surface area contributed by atoms with Crippen LogP contribution in [0.25, 0.3) is 10.8 Å². The summed E-state index contributed by atoms with van der Waals surface area (Å²) in [5, 5.41) is 9.49. The largest absolute Gasteiger partial charge is 0.465 e. The van der Waals surface area contributed by atoms with Crippen molar-refractivity contribution in [2.24, 2.45) is 5.92 Å². The van der Waals surface area contributed by atoms with Gasteiger partial charge in [0.2, 0.25) is 10.0 Å². The predicted molar refractivity (Wildman–Crippen MR) is 82.5 cm³/mol. The van der Waals surface area contributed by atoms with Gasteiger partial charge >= 0.3 is 6.09 Å². The van der Waals surface area contributed by atoms with Crippen LogP contribution in [0.5, 0.6) is 0 Å². The van der Waals surface area contributed by atoms with E-state index in [1.165, 1.54) is 21.5 Å². The summed E-state index contributed by atoms with van der Waals surface area (Å²) in [6, 6.07) is 4.20. The molecule has 0 aliphatic carbocycles. The lowest BCUT2D eigenvalue weighted by Gasteiger charge is -2.41. The Morgan fingerprint density at radius 3 is 2.79 bits per heavy atom. The third-order valence-corrected chi connectivity index (χ3v) is 6.64. The highest BCUT2D eigenvalue weighted by Crippen LogP contribution is 2.36. The molecule has 24 heavy (non-hydrogen) atoms. The zero-order valence-corrected chi connectivity index (χ0v) is 13.3. The summed E-state index contributed by atoms with van der Waals surface area (Å²) in [7, 11) is -3.92. The van der Waals surface area contributed by atoms with Gasteiger partial charge in [-0.25, -0.2) is 17.6 Å². The zero-order valence-electron chi connectivity index (χ0n) is 12.5. The van der Waals surface area contributed by atoms with E-state index in [0.29, 0.717) is 11.9 Å². The second-order valence-electron chi connectivity index (χ2n) is 6.06. The third-order valence-electron chi connectivity index (χ3n) is 4.77. The van der Waals surface area contributed by atoms with Crippen molar-refractivity contribution < 1.29 is 22.7 Å². The minimum Gasteiger partial charge on any atom is -0.465 e. The Hall–Kier alpha value is -2.26. The smallest absolute Gasteiger partial charge is 0.407 e. The number of benzene rings is 1. The van der Waals surface area contributed by atoms with Crippen LogP contribution in [0.2, 0.25) is 0 Å². The molecular formula is C15H14FN3O4S. The van der Waals surface area contributed by atoms with Gasteiger partial charge in [-0.2, -0.15) is 4.31 Å². The highest BCUT2D eigenvalue weighted by atomic mass is 32.2. The normalized spacial score (nSPS) is 24.0. The van der Waals surface area contributed by atoms with Gasteiger partial charge in [0.1, 0.15) is 0 Å². The number of aromatic nitrogens is 1. The number of hydrogen-bond acceptors (Lipinski definition) is 4. The number of likely N-dealkylation sites (tertiary alicyclic amines) is 1. The lowest BCUT2D eigenvalue weighted by Crippen LogP contribution is -2.57. The number of halogens is 1. The first-order chi connectivity index (χ1) is 11.4. The number of carbonyl (C=O) groups is 1. The van der Waals surface area contributed by atoms with Gasteiger partial charge in [0.05, 0.1) is 17.1 Å². The van der Waals surface area contributed by atoms with Gasteiger partial charge in [0, 0.05) is 42.5 Å². The molecule has 0 radical (unpaired) electrons. The minimum atomic E-state index is -3.92. The molecule has 2 unspecified atom stereocenters. The van der Waals surface area contributed by atoms with E-state index >= 15 is 0 Å². The molecule has 1 amide bonds. The van der Waals surface area contributed by atoms with Crippen molar-refractivity contribution in [3.05, 3.63) is 36.4 Å². The molecule has 0 saturated carbocycles. The molecule has 7 nitrogen and oxygen atoms in total. The molecule has 0 bridgehead atoms. The topological polar surface area (TPSA) is 90.8 Å². The standard InChI is InChI=1S/C15H14FN3O4S/c16-11-5-17-4-9-2-1-3-13(14(9)11)24(22,23)18-6-10-7-19(15(20)21)12(10)8-18/h1-5,10,12H,6-8H2,(H,20,21). The summed E-state index contributed by atoms with van der Waals surface area (Å²) in [5.74, 6) is -0.696. The quantitative estimate of drug-likeness (QED) is 0.882. The first-order valence-corrected chi connectivity index (χ1v) is 8.85. The number of amides is 1. The van der Waals surface area contributed by atoms with Gasteiger partial charge in [-0.15, -0.1) is 0 Å². The molecule has 2 aliphatic rings. The van der Waals surface area contributed by atoms with Crippen LogP contribution in [0.3, 0.4) is 0 Å². The van der Waals surface area contributed by atoms with Crippen molar-refractivity contribution in [1.29, 1.82) is 0 Å². The molecule has 9 heteroatoms. The molecule has 1 aromatic carbocycles. The summed E-state index contributed by atoms with van der Waals surface area (Å²) in [6.45, 7) is 0.683. The SMILES string of the molecule is O=C(O)N1CC2CN(S(=O)(=O)c3cccc4cncc(F)c34)CC21. The third kappa shape index (κ3) is 2.08. The minimum absolute atomic E-state index is 0.00244. The van der Waals surface area contributed by atoms with Crippen LogP contribution in [0.4, 0.5) is 9.18 Å². The fourth-order valence-electron chi connectivity index (χ4n) is 3.53. The first kappa shape index (κ1) is 15.3. The maximum absolute atomic E-state index is 14.2. The lowest BCUT2D eigenvalue weighted by molar-refractivity contribution is 0.0506. The van der Waals surface area contributed by atoms with Gasteiger partial charge in [-0.3, -0.25) is 4.98 Å². The van der Waals surface area contributed by atoms with Crippen molar-refractivity contribution in [3.8, 4) is 0 Å². The highest BCUT2D eigenvalue weighted by molar-refractivity contribution is 7.89. The van der Waals surface area contributed by atoms with E-state index in [-0.39, 0.29) is 35.3 Å². The average molecular weight is 351 g/mol. The molecule has 2 aromatic rings. The molecule has 1 N–H and O–H groups in total. The van der Waals surface area contributed by atoms with E-state index in [1.54, 1.807) is 12.1 Å². The number of carboxylic acid groups (broad SMARTS) is 1. The van der Waals surface area contributed by atoms with Gasteiger partial charge < -0.3 is 10.0 Å². The van der Waals surface area contributed by atoms with Crippen molar-refractivity contribution in [3.63, 3.8) is 0 Å². The summed E-state index contributed by atoms with van der Waals surface area (Å²) >= 11 is 0. The maximum Gasteiger partial charge on any atom is 0.407 e. The molecule has 2 atom stereocenters. The molecule has 2 aliphatic heterocycles. The Labute approximate surface area is 137 Å². The molecule has 1 aromatic heterocycles. The van der Waals surface area contributed by atoms with Crippen LogP contribution in [0, 0.1) is 11.7 Å². The van der Waals surface area contributed by atoms with Crippen LogP contribution < -0.4 is 0 Å². The van der Waals surface area contributed by atoms with Crippen molar-refractivity contribution >= 4 is 26.9 Å². The number of sulfonamides is 1. The Bertz CT molecular complexity index is 944. The number of hydrogen-bond donors (Lipinski definition) is 1. The molecule has 126 valence electrons. The molecular weight excluding hydrogens is 337 g/mol. The summed E-state index contributed by atoms with van der Waals surface area (Å²) < 4.78 is 41.4. The fourth-order valence-corrected chi connectivity index (χ4v) is 5.27. The number of rotatable bonds is 2. The van der Waals surface area contributed by atoms with Crippen LogP contribution in [-0.4, -0.2) is 59.5 Å². The fraction of sp³-hybridized carbons (Fsp3) is 0.333. The van der Waals surface area contributed by atoms with E-state index in [2.05, 4.69) is 4.98 Å². The Morgan fingerprint density at radius 1 is 1.25 bits per heavy atom.